The minimum Gasteiger partial charge on any atom is -0.396 e. The molecule has 2 N–H and O–H groups in total. The van der Waals surface area contributed by atoms with Crippen molar-refractivity contribution >= 4 is 5.91 Å². The van der Waals surface area contributed by atoms with E-state index in [-0.39, 0.29) is 37.8 Å². The number of pyridine rings is 1. The summed E-state index contributed by atoms with van der Waals surface area (Å²) in [5.41, 5.74) is 0.806. The molecule has 134 valence electrons. The van der Waals surface area contributed by atoms with Crippen molar-refractivity contribution in [3.05, 3.63) is 30.1 Å². The Bertz CT molecular complexity index is 522. The van der Waals surface area contributed by atoms with Crippen LogP contribution in [0.15, 0.2) is 24.4 Å². The number of alkyl halides is 3. The molecule has 24 heavy (non-hydrogen) atoms. The summed E-state index contributed by atoms with van der Waals surface area (Å²) in [4.78, 5) is 16.3. The first-order valence-electron chi connectivity index (χ1n) is 8.25. The van der Waals surface area contributed by atoms with Gasteiger partial charge in [0.25, 0.3) is 0 Å². The smallest absolute Gasteiger partial charge is 0.391 e. The molecular weight excluding hydrogens is 321 g/mol. The highest BCUT2D eigenvalue weighted by atomic mass is 19.4. The summed E-state index contributed by atoms with van der Waals surface area (Å²) in [5, 5.41) is 12.1. The van der Waals surface area contributed by atoms with Crippen LogP contribution in [0.5, 0.6) is 0 Å². The second-order valence-corrected chi connectivity index (χ2v) is 6.42. The Morgan fingerprint density at radius 3 is 2.79 bits per heavy atom. The molecule has 1 aliphatic carbocycles. The molecule has 1 aromatic heterocycles. The van der Waals surface area contributed by atoms with Crippen molar-refractivity contribution in [2.45, 2.75) is 38.3 Å². The van der Waals surface area contributed by atoms with E-state index in [2.05, 4.69) is 10.3 Å². The Kier molecular flexibility index (Phi) is 6.60. The van der Waals surface area contributed by atoms with E-state index >= 15 is 0 Å². The first-order chi connectivity index (χ1) is 11.4. The lowest BCUT2D eigenvalue weighted by atomic mass is 9.80. The molecule has 0 aliphatic heterocycles. The molecule has 7 heteroatoms. The highest BCUT2D eigenvalue weighted by Crippen LogP contribution is 2.39. The number of halogens is 3. The predicted molar refractivity (Wildman–Crippen MR) is 83.0 cm³/mol. The van der Waals surface area contributed by atoms with E-state index < -0.39 is 18.0 Å². The zero-order valence-electron chi connectivity index (χ0n) is 13.4. The van der Waals surface area contributed by atoms with Crippen LogP contribution in [0.2, 0.25) is 0 Å². The molecule has 4 nitrogen and oxygen atoms in total. The molecule has 0 bridgehead atoms. The van der Waals surface area contributed by atoms with Gasteiger partial charge < -0.3 is 10.4 Å². The van der Waals surface area contributed by atoms with Gasteiger partial charge in [-0.1, -0.05) is 12.5 Å². The summed E-state index contributed by atoms with van der Waals surface area (Å²) in [6.07, 6.45) is -1.20. The number of amides is 1. The number of carbonyl (C=O) groups is 1. The van der Waals surface area contributed by atoms with Gasteiger partial charge in [0.15, 0.2) is 0 Å². The SMILES string of the molecule is O=C(NCC(CO)Cc1ccccn1)C1CCCC(C(F)(F)F)C1. The van der Waals surface area contributed by atoms with Crippen LogP contribution in [0, 0.1) is 17.8 Å². The van der Waals surface area contributed by atoms with Gasteiger partial charge in [0.05, 0.1) is 5.92 Å². The molecule has 3 unspecified atom stereocenters. The first kappa shape index (κ1) is 18.7. The van der Waals surface area contributed by atoms with Crippen LogP contribution in [-0.4, -0.2) is 35.3 Å². The van der Waals surface area contributed by atoms with Crippen LogP contribution in [0.25, 0.3) is 0 Å². The van der Waals surface area contributed by atoms with Gasteiger partial charge in [-0.15, -0.1) is 0 Å². The van der Waals surface area contributed by atoms with E-state index in [4.69, 9.17) is 0 Å². The number of carbonyl (C=O) groups excluding carboxylic acids is 1. The van der Waals surface area contributed by atoms with Gasteiger partial charge in [-0.05, 0) is 37.8 Å². The molecule has 0 radical (unpaired) electrons. The Balaban J connectivity index is 1.82. The first-order valence-corrected chi connectivity index (χ1v) is 8.25. The van der Waals surface area contributed by atoms with Crippen molar-refractivity contribution in [3.8, 4) is 0 Å². The molecule has 0 spiro atoms. The van der Waals surface area contributed by atoms with Crippen molar-refractivity contribution in [3.63, 3.8) is 0 Å². The lowest BCUT2D eigenvalue weighted by Crippen LogP contribution is -2.40. The Morgan fingerprint density at radius 2 is 2.17 bits per heavy atom. The monoisotopic (exact) mass is 344 g/mol. The third kappa shape index (κ3) is 5.47. The van der Waals surface area contributed by atoms with Gasteiger partial charge in [-0.3, -0.25) is 9.78 Å². The lowest BCUT2D eigenvalue weighted by molar-refractivity contribution is -0.186. The van der Waals surface area contributed by atoms with Crippen molar-refractivity contribution in [2.75, 3.05) is 13.2 Å². The summed E-state index contributed by atoms with van der Waals surface area (Å²) in [6, 6.07) is 5.47. The third-order valence-electron chi connectivity index (χ3n) is 4.56. The number of aliphatic hydroxyl groups is 1. The van der Waals surface area contributed by atoms with Gasteiger partial charge in [-0.2, -0.15) is 13.2 Å². The van der Waals surface area contributed by atoms with E-state index in [1.807, 2.05) is 12.1 Å². The van der Waals surface area contributed by atoms with Gasteiger partial charge in [0, 0.05) is 36.9 Å². The van der Waals surface area contributed by atoms with E-state index in [9.17, 15) is 23.1 Å². The number of rotatable bonds is 6. The highest BCUT2D eigenvalue weighted by Gasteiger charge is 2.43. The fourth-order valence-corrected chi connectivity index (χ4v) is 3.13. The Hall–Kier alpha value is -1.63. The molecular formula is C17H23F3N2O2. The second-order valence-electron chi connectivity index (χ2n) is 6.42. The van der Waals surface area contributed by atoms with Gasteiger partial charge in [0.2, 0.25) is 5.91 Å². The second kappa shape index (κ2) is 8.46. The van der Waals surface area contributed by atoms with Crippen molar-refractivity contribution in [1.29, 1.82) is 0 Å². The van der Waals surface area contributed by atoms with E-state index in [0.29, 0.717) is 19.3 Å². The maximum Gasteiger partial charge on any atom is 0.391 e. The topological polar surface area (TPSA) is 62.2 Å². The molecule has 1 aromatic rings. The lowest BCUT2D eigenvalue weighted by Gasteiger charge is -2.30. The van der Waals surface area contributed by atoms with Crippen LogP contribution in [0.4, 0.5) is 13.2 Å². The maximum atomic E-state index is 12.8. The number of aliphatic hydroxyl groups excluding tert-OH is 1. The fourth-order valence-electron chi connectivity index (χ4n) is 3.13. The zero-order valence-corrected chi connectivity index (χ0v) is 13.4. The molecule has 1 fully saturated rings. The van der Waals surface area contributed by atoms with Crippen LogP contribution in [0.1, 0.15) is 31.4 Å². The molecule has 0 saturated heterocycles. The van der Waals surface area contributed by atoms with Crippen LogP contribution >= 0.6 is 0 Å². The Morgan fingerprint density at radius 1 is 1.38 bits per heavy atom. The predicted octanol–water partition coefficient (Wildman–Crippen LogP) is 2.72. The minimum absolute atomic E-state index is 0.103. The van der Waals surface area contributed by atoms with Crippen molar-refractivity contribution in [1.82, 2.24) is 10.3 Å². The van der Waals surface area contributed by atoms with Crippen LogP contribution in [-0.2, 0) is 11.2 Å². The summed E-state index contributed by atoms with van der Waals surface area (Å²) in [7, 11) is 0. The summed E-state index contributed by atoms with van der Waals surface area (Å²) < 4.78 is 38.5. The molecule has 1 amide bonds. The molecule has 1 heterocycles. The molecule has 2 rings (SSSR count). The normalized spacial score (nSPS) is 22.8. The Labute approximate surface area is 139 Å². The quantitative estimate of drug-likeness (QED) is 0.834. The summed E-state index contributed by atoms with van der Waals surface area (Å²) >= 11 is 0. The number of aromatic nitrogens is 1. The number of hydrogen-bond acceptors (Lipinski definition) is 3. The minimum atomic E-state index is -4.23. The summed E-state index contributed by atoms with van der Waals surface area (Å²) in [5.74, 6) is -2.53. The van der Waals surface area contributed by atoms with E-state index in [1.54, 1.807) is 12.3 Å². The highest BCUT2D eigenvalue weighted by molar-refractivity contribution is 5.78. The average Bonchev–Trinajstić information content (AvgIpc) is 2.58. The standard InChI is InChI=1S/C17H23F3N2O2/c18-17(19,20)14-5-3-4-13(9-14)16(24)22-10-12(11-23)8-15-6-1-2-7-21-15/h1-2,6-7,12-14,23H,3-5,8-11H2,(H,22,24). The van der Waals surface area contributed by atoms with Gasteiger partial charge in [-0.25, -0.2) is 0 Å². The van der Waals surface area contributed by atoms with Crippen molar-refractivity contribution in [2.24, 2.45) is 17.8 Å². The number of hydrogen-bond donors (Lipinski definition) is 2. The number of nitrogens with zero attached hydrogens (tertiary/aromatic N) is 1. The maximum absolute atomic E-state index is 12.8. The molecule has 1 saturated carbocycles. The van der Waals surface area contributed by atoms with Crippen LogP contribution < -0.4 is 5.32 Å². The average molecular weight is 344 g/mol. The largest absolute Gasteiger partial charge is 0.396 e. The third-order valence-corrected chi connectivity index (χ3v) is 4.56. The van der Waals surface area contributed by atoms with Gasteiger partial charge in [0.1, 0.15) is 0 Å². The number of nitrogens with one attached hydrogen (secondary N) is 1. The fraction of sp³-hybridized carbons (Fsp3) is 0.647. The zero-order chi connectivity index (χ0) is 17.6. The molecule has 1 aliphatic rings. The van der Waals surface area contributed by atoms with Gasteiger partial charge >= 0.3 is 6.18 Å². The molecule has 0 aromatic carbocycles. The summed E-state index contributed by atoms with van der Waals surface area (Å²) in [6.45, 7) is 0.117. The van der Waals surface area contributed by atoms with Crippen molar-refractivity contribution < 1.29 is 23.1 Å². The molecule has 3 atom stereocenters. The van der Waals surface area contributed by atoms with Crippen LogP contribution in [0.3, 0.4) is 0 Å². The van der Waals surface area contributed by atoms with E-state index in [1.165, 1.54) is 0 Å². The van der Waals surface area contributed by atoms with E-state index in [0.717, 1.165) is 5.69 Å².